The molecule has 2 atom stereocenters. The smallest absolute Gasteiger partial charge is 0.252 e. The van der Waals surface area contributed by atoms with Gasteiger partial charge >= 0.3 is 0 Å². The van der Waals surface area contributed by atoms with E-state index in [4.69, 9.17) is 16.3 Å². The van der Waals surface area contributed by atoms with Crippen molar-refractivity contribution in [2.75, 3.05) is 16.8 Å². The maximum atomic E-state index is 13.5. The SMILES string of the molecule is CC(C)Oc1cccc(NC(=O)C2NNS3(CCCCCCC3)C2NC(=O)c2cccc(Cl)c2)c1. The first kappa shape index (κ1) is 25.8. The van der Waals surface area contributed by atoms with Gasteiger partial charge in [-0.2, -0.15) is 10.2 Å². The van der Waals surface area contributed by atoms with Crippen LogP contribution in [0.25, 0.3) is 0 Å². The summed E-state index contributed by atoms with van der Waals surface area (Å²) in [6.45, 7) is 3.92. The van der Waals surface area contributed by atoms with E-state index >= 15 is 0 Å². The average molecular weight is 519 g/mol. The number of hydrogen-bond donors (Lipinski definition) is 4. The van der Waals surface area contributed by atoms with E-state index in [1.54, 1.807) is 24.3 Å². The number of halogens is 1. The number of anilines is 1. The van der Waals surface area contributed by atoms with Crippen LogP contribution in [0, 0.1) is 0 Å². The van der Waals surface area contributed by atoms with Crippen LogP contribution in [-0.2, 0) is 4.79 Å². The number of carbonyl (C=O) groups excluding carboxylic acids is 2. The monoisotopic (exact) mass is 518 g/mol. The second-order valence-electron chi connectivity index (χ2n) is 9.43. The van der Waals surface area contributed by atoms with Crippen molar-refractivity contribution in [3.05, 3.63) is 59.1 Å². The molecule has 2 saturated heterocycles. The molecule has 0 radical (unpaired) electrons. The van der Waals surface area contributed by atoms with Crippen LogP contribution in [0.2, 0.25) is 5.02 Å². The number of nitrogens with one attached hydrogen (secondary N) is 4. The number of amides is 2. The molecule has 4 N–H and O–H groups in total. The first-order valence-corrected chi connectivity index (χ1v) is 14.7. The van der Waals surface area contributed by atoms with Gasteiger partial charge in [-0.3, -0.25) is 9.59 Å². The highest BCUT2D eigenvalue weighted by Gasteiger charge is 2.48. The number of ether oxygens (including phenoxy) is 1. The summed E-state index contributed by atoms with van der Waals surface area (Å²) in [4.78, 5) is 30.3. The first-order valence-electron chi connectivity index (χ1n) is 12.3. The second kappa shape index (κ2) is 11.6. The molecule has 2 aromatic rings. The van der Waals surface area contributed by atoms with E-state index in [1.165, 1.54) is 19.3 Å². The largest absolute Gasteiger partial charge is 0.491 e. The zero-order valence-electron chi connectivity index (χ0n) is 20.3. The lowest BCUT2D eigenvalue weighted by molar-refractivity contribution is -0.118. The van der Waals surface area contributed by atoms with E-state index in [1.807, 2.05) is 38.1 Å². The van der Waals surface area contributed by atoms with E-state index in [9.17, 15) is 9.59 Å². The molecule has 2 aliphatic heterocycles. The minimum absolute atomic E-state index is 0.0375. The summed E-state index contributed by atoms with van der Waals surface area (Å²) in [5, 5.41) is 6.39. The van der Waals surface area contributed by atoms with Crippen molar-refractivity contribution < 1.29 is 14.3 Å². The highest BCUT2D eigenvalue weighted by Crippen LogP contribution is 2.54. The number of hydrazine groups is 1. The molecule has 2 amide bonds. The third kappa shape index (κ3) is 6.50. The van der Waals surface area contributed by atoms with Crippen LogP contribution in [0.15, 0.2) is 48.5 Å². The predicted octanol–water partition coefficient (Wildman–Crippen LogP) is 4.98. The Balaban J connectivity index is 1.56. The van der Waals surface area contributed by atoms with Crippen molar-refractivity contribution in [2.24, 2.45) is 0 Å². The first-order chi connectivity index (χ1) is 16.9. The minimum Gasteiger partial charge on any atom is -0.491 e. The lowest BCUT2D eigenvalue weighted by Crippen LogP contribution is -2.51. The van der Waals surface area contributed by atoms with E-state index < -0.39 is 16.3 Å². The van der Waals surface area contributed by atoms with Crippen molar-refractivity contribution >= 4 is 39.3 Å². The van der Waals surface area contributed by atoms with Gasteiger partial charge in [0, 0.05) is 22.3 Å². The van der Waals surface area contributed by atoms with Crippen LogP contribution in [0.1, 0.15) is 56.3 Å². The van der Waals surface area contributed by atoms with Crippen molar-refractivity contribution in [1.29, 1.82) is 0 Å². The van der Waals surface area contributed by atoms with Crippen molar-refractivity contribution in [1.82, 2.24) is 15.6 Å². The number of carbonyl (C=O) groups is 2. The van der Waals surface area contributed by atoms with E-state index in [0.717, 1.165) is 24.3 Å². The normalized spacial score (nSPS) is 22.7. The predicted molar refractivity (Wildman–Crippen MR) is 144 cm³/mol. The highest BCUT2D eigenvalue weighted by atomic mass is 35.5. The fourth-order valence-electron chi connectivity index (χ4n) is 4.67. The molecule has 35 heavy (non-hydrogen) atoms. The second-order valence-corrected chi connectivity index (χ2v) is 13.3. The average Bonchev–Trinajstić information content (AvgIpc) is 3.15. The number of rotatable bonds is 6. The van der Waals surface area contributed by atoms with Gasteiger partial charge in [-0.25, -0.2) is 10.3 Å². The van der Waals surface area contributed by atoms with Gasteiger partial charge in [0.2, 0.25) is 5.91 Å². The molecule has 7 nitrogen and oxygen atoms in total. The van der Waals surface area contributed by atoms with Crippen LogP contribution in [-0.4, -0.2) is 40.8 Å². The van der Waals surface area contributed by atoms with Crippen molar-refractivity contribution in [3.8, 4) is 5.75 Å². The zero-order valence-corrected chi connectivity index (χ0v) is 21.9. The number of hydrogen-bond acceptors (Lipinski definition) is 5. The van der Waals surface area contributed by atoms with Crippen LogP contribution < -0.4 is 25.6 Å². The molecule has 0 saturated carbocycles. The Morgan fingerprint density at radius 2 is 1.74 bits per heavy atom. The Morgan fingerprint density at radius 1 is 1.03 bits per heavy atom. The summed E-state index contributed by atoms with van der Waals surface area (Å²) in [6, 6.07) is 13.7. The molecule has 2 unspecified atom stereocenters. The molecule has 1 spiro atoms. The molecule has 0 aliphatic carbocycles. The third-order valence-corrected chi connectivity index (χ3v) is 10.5. The van der Waals surface area contributed by atoms with E-state index in [0.29, 0.717) is 22.0 Å². The Hall–Kier alpha value is -2.26. The number of benzene rings is 2. The third-order valence-electron chi connectivity index (χ3n) is 6.34. The molecular formula is C26H35ClN4O3S. The van der Waals surface area contributed by atoms with Gasteiger partial charge in [0.25, 0.3) is 5.91 Å². The van der Waals surface area contributed by atoms with Crippen LogP contribution in [0.5, 0.6) is 5.75 Å². The fourth-order valence-corrected chi connectivity index (χ4v) is 8.75. The maximum absolute atomic E-state index is 13.5. The van der Waals surface area contributed by atoms with Gasteiger partial charge in [-0.05, 0) is 68.5 Å². The van der Waals surface area contributed by atoms with Gasteiger partial charge < -0.3 is 15.4 Å². The Bertz CT molecular complexity index is 1040. The zero-order chi connectivity index (χ0) is 24.8. The van der Waals surface area contributed by atoms with Crippen LogP contribution in [0.4, 0.5) is 5.69 Å². The molecule has 2 aliphatic rings. The molecule has 2 heterocycles. The Kier molecular flexibility index (Phi) is 8.59. The van der Waals surface area contributed by atoms with Gasteiger partial charge in [-0.15, -0.1) is 0 Å². The minimum atomic E-state index is -1.50. The van der Waals surface area contributed by atoms with Gasteiger partial charge in [-0.1, -0.05) is 43.0 Å². The summed E-state index contributed by atoms with van der Waals surface area (Å²) in [5.41, 5.74) is 4.40. The fraction of sp³-hybridized carbons (Fsp3) is 0.462. The van der Waals surface area contributed by atoms with Gasteiger partial charge in [0.15, 0.2) is 0 Å². The summed E-state index contributed by atoms with van der Waals surface area (Å²) >= 11 is 6.13. The van der Waals surface area contributed by atoms with E-state index in [-0.39, 0.29) is 23.3 Å². The molecule has 4 rings (SSSR count). The summed E-state index contributed by atoms with van der Waals surface area (Å²) in [6.07, 6.45) is 5.78. The lowest BCUT2D eigenvalue weighted by atomic mass is 10.2. The Morgan fingerprint density at radius 3 is 2.46 bits per heavy atom. The van der Waals surface area contributed by atoms with E-state index in [2.05, 4.69) is 20.9 Å². The highest BCUT2D eigenvalue weighted by molar-refractivity contribution is 8.32. The van der Waals surface area contributed by atoms with Gasteiger partial charge in [0.05, 0.1) is 11.5 Å². The Labute approximate surface area is 214 Å². The van der Waals surface area contributed by atoms with Crippen LogP contribution >= 0.6 is 21.8 Å². The summed E-state index contributed by atoms with van der Waals surface area (Å²) < 4.78 is 5.77. The summed E-state index contributed by atoms with van der Waals surface area (Å²) in [7, 11) is -1.50. The molecule has 190 valence electrons. The molecule has 2 fully saturated rings. The molecule has 2 aromatic carbocycles. The maximum Gasteiger partial charge on any atom is 0.252 e. The van der Waals surface area contributed by atoms with Crippen molar-refractivity contribution in [3.63, 3.8) is 0 Å². The van der Waals surface area contributed by atoms with Crippen molar-refractivity contribution in [2.45, 2.75) is 63.5 Å². The molecular weight excluding hydrogens is 484 g/mol. The lowest BCUT2D eigenvalue weighted by Gasteiger charge is -2.42. The topological polar surface area (TPSA) is 91.5 Å². The van der Waals surface area contributed by atoms with Crippen LogP contribution in [0.3, 0.4) is 0 Å². The molecule has 0 bridgehead atoms. The van der Waals surface area contributed by atoms with Gasteiger partial charge in [0.1, 0.15) is 11.8 Å². The standard InChI is InChI=1S/C26H35ClN4O3S/c1-18(2)34-22-13-9-12-21(17-22)28-25(33)23-26(29-24(32)19-10-8-11-20(27)16-19)35(31-30-23)14-6-4-3-5-7-15-35/h8-13,16-18,23,26,30-31H,3-7,14-15H2,1-2H3,(H,28,33)(H,29,32). The quantitative estimate of drug-likeness (QED) is 0.433. The summed E-state index contributed by atoms with van der Waals surface area (Å²) in [5.74, 6) is 2.21. The molecule has 9 heteroatoms. The molecule has 0 aromatic heterocycles.